The van der Waals surface area contributed by atoms with Gasteiger partial charge < -0.3 is 15.0 Å². The predicted molar refractivity (Wildman–Crippen MR) is 64.2 cm³/mol. The molecule has 90 valence electrons. The normalized spacial score (nSPS) is 28.2. The number of nitrogens with zero attached hydrogens (tertiary/aromatic N) is 1. The van der Waals surface area contributed by atoms with Crippen LogP contribution >= 0.6 is 0 Å². The molecule has 0 bridgehead atoms. The van der Waals surface area contributed by atoms with Gasteiger partial charge in [-0.25, -0.2) is 0 Å². The summed E-state index contributed by atoms with van der Waals surface area (Å²) in [4.78, 5) is 2.56. The first-order chi connectivity index (χ1) is 7.27. The lowest BCUT2D eigenvalue weighted by Crippen LogP contribution is -2.47. The second kappa shape index (κ2) is 7.20. The maximum Gasteiger partial charge on any atom is 0.0474 e. The van der Waals surface area contributed by atoms with E-state index in [1.165, 1.54) is 25.9 Å². The Morgan fingerprint density at radius 3 is 2.87 bits per heavy atom. The molecule has 0 saturated carbocycles. The number of hydrogen-bond acceptors (Lipinski definition) is 3. The third-order valence-corrected chi connectivity index (χ3v) is 3.38. The summed E-state index contributed by atoms with van der Waals surface area (Å²) in [7, 11) is 1.77. The van der Waals surface area contributed by atoms with Crippen molar-refractivity contribution in [3.05, 3.63) is 0 Å². The highest BCUT2D eigenvalue weighted by atomic mass is 16.5. The van der Waals surface area contributed by atoms with Crippen LogP contribution < -0.4 is 5.32 Å². The minimum absolute atomic E-state index is 0.722. The number of hydrogen-bond donors (Lipinski definition) is 1. The Morgan fingerprint density at radius 1 is 1.47 bits per heavy atom. The third kappa shape index (κ3) is 4.49. The largest absolute Gasteiger partial charge is 0.385 e. The number of ether oxygens (including phenoxy) is 1. The van der Waals surface area contributed by atoms with Crippen LogP contribution in [0.4, 0.5) is 0 Å². The molecule has 2 atom stereocenters. The van der Waals surface area contributed by atoms with E-state index in [-0.39, 0.29) is 0 Å². The average molecular weight is 214 g/mol. The fraction of sp³-hybridized carbons (Fsp3) is 1.00. The Morgan fingerprint density at radius 2 is 2.27 bits per heavy atom. The number of likely N-dealkylation sites (tertiary alicyclic amines) is 1. The van der Waals surface area contributed by atoms with Crippen LogP contribution in [0.5, 0.6) is 0 Å². The fourth-order valence-electron chi connectivity index (χ4n) is 2.40. The second-order valence-corrected chi connectivity index (χ2v) is 4.50. The van der Waals surface area contributed by atoms with E-state index in [2.05, 4.69) is 24.1 Å². The van der Waals surface area contributed by atoms with Gasteiger partial charge in [0, 0.05) is 25.8 Å². The van der Waals surface area contributed by atoms with Gasteiger partial charge in [0.05, 0.1) is 0 Å². The summed E-state index contributed by atoms with van der Waals surface area (Å²) in [5.74, 6) is 0. The third-order valence-electron chi connectivity index (χ3n) is 3.38. The number of piperidine rings is 1. The SMILES string of the molecule is CCN1CCC(NCCCOC)CC1C. The van der Waals surface area contributed by atoms with E-state index in [0.717, 1.165) is 31.7 Å². The summed E-state index contributed by atoms with van der Waals surface area (Å²) in [6.07, 6.45) is 3.71. The van der Waals surface area contributed by atoms with Crippen molar-refractivity contribution in [3.63, 3.8) is 0 Å². The molecule has 0 spiro atoms. The van der Waals surface area contributed by atoms with Crippen molar-refractivity contribution in [3.8, 4) is 0 Å². The average Bonchev–Trinajstić information content (AvgIpc) is 2.25. The van der Waals surface area contributed by atoms with E-state index >= 15 is 0 Å². The molecule has 2 unspecified atom stereocenters. The van der Waals surface area contributed by atoms with Crippen LogP contribution in [-0.2, 0) is 4.74 Å². The highest BCUT2D eigenvalue weighted by Crippen LogP contribution is 2.16. The fourth-order valence-corrected chi connectivity index (χ4v) is 2.40. The molecule has 0 aromatic carbocycles. The Balaban J connectivity index is 2.11. The summed E-state index contributed by atoms with van der Waals surface area (Å²) in [6.45, 7) is 9.00. The van der Waals surface area contributed by atoms with Gasteiger partial charge in [0.1, 0.15) is 0 Å². The molecule has 1 aliphatic rings. The Hall–Kier alpha value is -0.120. The molecule has 0 amide bonds. The number of rotatable bonds is 6. The van der Waals surface area contributed by atoms with Crippen LogP contribution in [0.2, 0.25) is 0 Å². The van der Waals surface area contributed by atoms with E-state index in [1.807, 2.05) is 0 Å². The van der Waals surface area contributed by atoms with Crippen LogP contribution in [-0.4, -0.2) is 50.3 Å². The molecule has 1 rings (SSSR count). The molecule has 0 aromatic rings. The summed E-state index contributed by atoms with van der Waals surface area (Å²) in [6, 6.07) is 1.46. The van der Waals surface area contributed by atoms with E-state index in [4.69, 9.17) is 4.74 Å². The maximum absolute atomic E-state index is 5.04. The van der Waals surface area contributed by atoms with E-state index < -0.39 is 0 Å². The van der Waals surface area contributed by atoms with Crippen molar-refractivity contribution in [2.45, 2.75) is 45.2 Å². The Kier molecular flexibility index (Phi) is 6.22. The quantitative estimate of drug-likeness (QED) is 0.678. The van der Waals surface area contributed by atoms with Crippen LogP contribution in [0.3, 0.4) is 0 Å². The van der Waals surface area contributed by atoms with Crippen LogP contribution in [0, 0.1) is 0 Å². The molecule has 1 aliphatic heterocycles. The van der Waals surface area contributed by atoms with Crippen molar-refractivity contribution < 1.29 is 4.74 Å². The van der Waals surface area contributed by atoms with Crippen molar-refractivity contribution >= 4 is 0 Å². The molecule has 0 aromatic heterocycles. The van der Waals surface area contributed by atoms with Gasteiger partial charge >= 0.3 is 0 Å². The lowest BCUT2D eigenvalue weighted by molar-refractivity contribution is 0.140. The summed E-state index contributed by atoms with van der Waals surface area (Å²) < 4.78 is 5.04. The van der Waals surface area contributed by atoms with Gasteiger partial charge in [0.15, 0.2) is 0 Å². The molecule has 1 saturated heterocycles. The zero-order chi connectivity index (χ0) is 11.1. The van der Waals surface area contributed by atoms with Gasteiger partial charge in [-0.3, -0.25) is 0 Å². The summed E-state index contributed by atoms with van der Waals surface area (Å²) in [5, 5.41) is 3.62. The van der Waals surface area contributed by atoms with Crippen LogP contribution in [0.25, 0.3) is 0 Å². The summed E-state index contributed by atoms with van der Waals surface area (Å²) >= 11 is 0. The molecule has 0 radical (unpaired) electrons. The lowest BCUT2D eigenvalue weighted by atomic mass is 9.98. The molecule has 1 heterocycles. The van der Waals surface area contributed by atoms with Gasteiger partial charge in [-0.15, -0.1) is 0 Å². The molecular formula is C12H26N2O. The van der Waals surface area contributed by atoms with Crippen molar-refractivity contribution in [1.29, 1.82) is 0 Å². The first-order valence-electron chi connectivity index (χ1n) is 6.24. The van der Waals surface area contributed by atoms with Crippen molar-refractivity contribution in [1.82, 2.24) is 10.2 Å². The molecule has 0 aliphatic carbocycles. The van der Waals surface area contributed by atoms with Gasteiger partial charge in [-0.1, -0.05) is 6.92 Å². The zero-order valence-electron chi connectivity index (χ0n) is 10.5. The minimum Gasteiger partial charge on any atom is -0.385 e. The maximum atomic E-state index is 5.04. The van der Waals surface area contributed by atoms with Crippen LogP contribution in [0.15, 0.2) is 0 Å². The Labute approximate surface area is 94.2 Å². The van der Waals surface area contributed by atoms with Gasteiger partial charge in [0.25, 0.3) is 0 Å². The molecule has 1 N–H and O–H groups in total. The molecule has 1 fully saturated rings. The second-order valence-electron chi connectivity index (χ2n) is 4.50. The van der Waals surface area contributed by atoms with Crippen LogP contribution in [0.1, 0.15) is 33.1 Å². The first kappa shape index (κ1) is 12.9. The standard InChI is InChI=1S/C12H26N2O/c1-4-14-8-6-12(10-11(14)2)13-7-5-9-15-3/h11-13H,4-10H2,1-3H3. The van der Waals surface area contributed by atoms with E-state index in [0.29, 0.717) is 0 Å². The smallest absolute Gasteiger partial charge is 0.0474 e. The Bertz CT molecular complexity index is 164. The molecule has 3 nitrogen and oxygen atoms in total. The lowest BCUT2D eigenvalue weighted by Gasteiger charge is -2.37. The number of methoxy groups -OCH3 is 1. The highest BCUT2D eigenvalue weighted by molar-refractivity contribution is 4.82. The van der Waals surface area contributed by atoms with Crippen molar-refractivity contribution in [2.75, 3.05) is 33.4 Å². The van der Waals surface area contributed by atoms with Gasteiger partial charge in [-0.2, -0.15) is 0 Å². The number of nitrogens with one attached hydrogen (secondary N) is 1. The molecular weight excluding hydrogens is 188 g/mol. The van der Waals surface area contributed by atoms with Gasteiger partial charge in [0.2, 0.25) is 0 Å². The van der Waals surface area contributed by atoms with E-state index in [9.17, 15) is 0 Å². The predicted octanol–water partition coefficient (Wildman–Crippen LogP) is 1.49. The first-order valence-corrected chi connectivity index (χ1v) is 6.24. The van der Waals surface area contributed by atoms with Crippen molar-refractivity contribution in [2.24, 2.45) is 0 Å². The topological polar surface area (TPSA) is 24.5 Å². The van der Waals surface area contributed by atoms with E-state index in [1.54, 1.807) is 7.11 Å². The zero-order valence-corrected chi connectivity index (χ0v) is 10.5. The summed E-state index contributed by atoms with van der Waals surface area (Å²) in [5.41, 5.74) is 0. The molecule has 3 heteroatoms. The van der Waals surface area contributed by atoms with Gasteiger partial charge in [-0.05, 0) is 45.8 Å². The highest BCUT2D eigenvalue weighted by Gasteiger charge is 2.23. The molecule has 15 heavy (non-hydrogen) atoms. The monoisotopic (exact) mass is 214 g/mol. The minimum atomic E-state index is 0.722.